The Hall–Kier alpha value is -2.70. The van der Waals surface area contributed by atoms with Gasteiger partial charge in [0.2, 0.25) is 5.91 Å². The Labute approximate surface area is 128 Å². The van der Waals surface area contributed by atoms with Gasteiger partial charge in [-0.1, -0.05) is 30.3 Å². The molecular formula is C15H17N3O4. The standard InChI is InChI=1S/C15H17N3O4/c1-3-17-13(20)14(21)18(15(17)22)10-12(19)16(2)9-11-7-5-4-6-8-11/h4-8H,3,9-10H2,1-2H3. The van der Waals surface area contributed by atoms with E-state index in [-0.39, 0.29) is 6.54 Å². The number of imide groups is 2. The van der Waals surface area contributed by atoms with Gasteiger partial charge in [-0.3, -0.25) is 19.3 Å². The monoisotopic (exact) mass is 303 g/mol. The zero-order chi connectivity index (χ0) is 16.3. The quantitative estimate of drug-likeness (QED) is 0.584. The van der Waals surface area contributed by atoms with Crippen molar-refractivity contribution in [2.45, 2.75) is 13.5 Å². The summed E-state index contributed by atoms with van der Waals surface area (Å²) in [7, 11) is 1.58. The molecule has 0 saturated carbocycles. The first-order valence-electron chi connectivity index (χ1n) is 6.91. The summed E-state index contributed by atoms with van der Waals surface area (Å²) in [5.74, 6) is -2.24. The highest BCUT2D eigenvalue weighted by Crippen LogP contribution is 2.12. The van der Waals surface area contributed by atoms with E-state index in [9.17, 15) is 19.2 Å². The van der Waals surface area contributed by atoms with Crippen molar-refractivity contribution in [1.29, 1.82) is 0 Å². The normalized spacial score (nSPS) is 14.7. The molecule has 116 valence electrons. The summed E-state index contributed by atoms with van der Waals surface area (Å²) in [5.41, 5.74) is 0.934. The van der Waals surface area contributed by atoms with Gasteiger partial charge in [-0.2, -0.15) is 0 Å². The van der Waals surface area contributed by atoms with Crippen LogP contribution in [-0.4, -0.2) is 58.6 Å². The maximum absolute atomic E-state index is 12.1. The molecule has 1 aromatic carbocycles. The Balaban J connectivity index is 2.01. The second kappa shape index (κ2) is 6.38. The number of likely N-dealkylation sites (N-methyl/N-ethyl adjacent to an activating group) is 2. The number of nitrogens with zero attached hydrogens (tertiary/aromatic N) is 3. The fourth-order valence-electron chi connectivity index (χ4n) is 2.17. The first-order valence-corrected chi connectivity index (χ1v) is 6.91. The fraction of sp³-hybridized carbons (Fsp3) is 0.333. The number of benzene rings is 1. The van der Waals surface area contributed by atoms with Crippen LogP contribution in [0.15, 0.2) is 30.3 Å². The highest BCUT2D eigenvalue weighted by atomic mass is 16.2. The third kappa shape index (κ3) is 2.98. The Morgan fingerprint density at radius 3 is 2.18 bits per heavy atom. The molecule has 0 unspecified atom stereocenters. The number of hydrogen-bond acceptors (Lipinski definition) is 4. The number of carbonyl (C=O) groups is 4. The number of carbonyl (C=O) groups excluding carboxylic acids is 4. The molecule has 0 atom stereocenters. The minimum absolute atomic E-state index is 0.105. The average Bonchev–Trinajstić information content (AvgIpc) is 2.71. The molecule has 22 heavy (non-hydrogen) atoms. The molecule has 1 aliphatic rings. The fourth-order valence-corrected chi connectivity index (χ4v) is 2.17. The molecule has 0 N–H and O–H groups in total. The summed E-state index contributed by atoms with van der Waals surface area (Å²) in [4.78, 5) is 50.3. The summed E-state index contributed by atoms with van der Waals surface area (Å²) in [6.45, 7) is 1.63. The van der Waals surface area contributed by atoms with Crippen LogP contribution in [0.1, 0.15) is 12.5 Å². The minimum atomic E-state index is -0.951. The zero-order valence-corrected chi connectivity index (χ0v) is 12.5. The van der Waals surface area contributed by atoms with E-state index in [1.165, 1.54) is 4.90 Å². The topological polar surface area (TPSA) is 78.0 Å². The molecule has 1 fully saturated rings. The van der Waals surface area contributed by atoms with Crippen LogP contribution < -0.4 is 0 Å². The average molecular weight is 303 g/mol. The van der Waals surface area contributed by atoms with E-state index in [4.69, 9.17) is 0 Å². The van der Waals surface area contributed by atoms with Gasteiger partial charge in [0.15, 0.2) is 0 Å². The van der Waals surface area contributed by atoms with Crippen molar-refractivity contribution in [2.75, 3.05) is 20.1 Å². The lowest BCUT2D eigenvalue weighted by molar-refractivity contribution is -0.144. The molecule has 1 saturated heterocycles. The highest BCUT2D eigenvalue weighted by molar-refractivity contribution is 6.45. The van der Waals surface area contributed by atoms with Crippen LogP contribution in [0.5, 0.6) is 0 Å². The third-order valence-electron chi connectivity index (χ3n) is 3.43. The largest absolute Gasteiger partial charge is 0.340 e. The van der Waals surface area contributed by atoms with Crippen LogP contribution in [0.2, 0.25) is 0 Å². The van der Waals surface area contributed by atoms with Crippen molar-refractivity contribution in [1.82, 2.24) is 14.7 Å². The Morgan fingerprint density at radius 2 is 1.64 bits per heavy atom. The van der Waals surface area contributed by atoms with Gasteiger partial charge in [-0.25, -0.2) is 9.69 Å². The maximum atomic E-state index is 12.1. The number of amides is 5. The molecule has 0 aromatic heterocycles. The van der Waals surface area contributed by atoms with E-state index in [0.717, 1.165) is 10.5 Å². The van der Waals surface area contributed by atoms with Gasteiger partial charge < -0.3 is 4.90 Å². The summed E-state index contributed by atoms with van der Waals surface area (Å²) >= 11 is 0. The van der Waals surface area contributed by atoms with E-state index in [1.807, 2.05) is 30.3 Å². The molecule has 1 heterocycles. The van der Waals surface area contributed by atoms with Gasteiger partial charge in [0.25, 0.3) is 0 Å². The van der Waals surface area contributed by atoms with Gasteiger partial charge in [0.1, 0.15) is 6.54 Å². The Morgan fingerprint density at radius 1 is 1.05 bits per heavy atom. The molecule has 0 radical (unpaired) electrons. The number of rotatable bonds is 5. The van der Waals surface area contributed by atoms with Gasteiger partial charge in [0.05, 0.1) is 0 Å². The van der Waals surface area contributed by atoms with Crippen LogP contribution in [0.3, 0.4) is 0 Å². The van der Waals surface area contributed by atoms with Crippen LogP contribution >= 0.6 is 0 Å². The summed E-state index contributed by atoms with van der Waals surface area (Å²) < 4.78 is 0. The first-order chi connectivity index (χ1) is 10.5. The molecule has 1 aliphatic heterocycles. The first kappa shape index (κ1) is 15.7. The maximum Gasteiger partial charge on any atom is 0.334 e. The molecule has 5 amide bonds. The van der Waals surface area contributed by atoms with Crippen molar-refractivity contribution in [3.8, 4) is 0 Å². The van der Waals surface area contributed by atoms with Gasteiger partial charge in [-0.15, -0.1) is 0 Å². The van der Waals surface area contributed by atoms with Gasteiger partial charge in [-0.05, 0) is 12.5 Å². The molecule has 2 rings (SSSR count). The van der Waals surface area contributed by atoms with Crippen LogP contribution in [0.25, 0.3) is 0 Å². The lowest BCUT2D eigenvalue weighted by atomic mass is 10.2. The van der Waals surface area contributed by atoms with Crippen LogP contribution in [-0.2, 0) is 20.9 Å². The molecule has 0 bridgehead atoms. The predicted molar refractivity (Wildman–Crippen MR) is 77.4 cm³/mol. The smallest absolute Gasteiger partial charge is 0.334 e. The molecule has 0 spiro atoms. The second-order valence-corrected chi connectivity index (χ2v) is 4.96. The molecule has 7 heteroatoms. The van der Waals surface area contributed by atoms with E-state index in [0.29, 0.717) is 11.4 Å². The van der Waals surface area contributed by atoms with Crippen LogP contribution in [0.4, 0.5) is 4.79 Å². The molecular weight excluding hydrogens is 286 g/mol. The SMILES string of the molecule is CCN1C(=O)C(=O)N(CC(=O)N(C)Cc2ccccc2)C1=O. The molecule has 7 nitrogen and oxygen atoms in total. The van der Waals surface area contributed by atoms with E-state index in [2.05, 4.69) is 0 Å². The third-order valence-corrected chi connectivity index (χ3v) is 3.43. The Bertz CT molecular complexity index is 614. The predicted octanol–water partition coefficient (Wildman–Crippen LogP) is 0.456. The second-order valence-electron chi connectivity index (χ2n) is 4.96. The summed E-state index contributed by atoms with van der Waals surface area (Å²) in [5, 5.41) is 0. The van der Waals surface area contributed by atoms with Crippen molar-refractivity contribution in [3.05, 3.63) is 35.9 Å². The van der Waals surface area contributed by atoms with E-state index in [1.54, 1.807) is 14.0 Å². The van der Waals surface area contributed by atoms with Crippen molar-refractivity contribution in [3.63, 3.8) is 0 Å². The summed E-state index contributed by atoms with van der Waals surface area (Å²) in [6.07, 6.45) is 0. The van der Waals surface area contributed by atoms with Crippen molar-refractivity contribution < 1.29 is 19.2 Å². The molecule has 1 aromatic rings. The molecule has 0 aliphatic carbocycles. The van der Waals surface area contributed by atoms with Gasteiger partial charge in [0, 0.05) is 20.1 Å². The van der Waals surface area contributed by atoms with E-state index < -0.39 is 30.3 Å². The van der Waals surface area contributed by atoms with Crippen LogP contribution in [0, 0.1) is 0 Å². The lowest BCUT2D eigenvalue weighted by Gasteiger charge is -2.20. The lowest BCUT2D eigenvalue weighted by Crippen LogP contribution is -2.42. The number of urea groups is 1. The van der Waals surface area contributed by atoms with Crippen molar-refractivity contribution in [2.24, 2.45) is 0 Å². The zero-order valence-electron chi connectivity index (χ0n) is 12.5. The minimum Gasteiger partial charge on any atom is -0.340 e. The summed E-state index contributed by atoms with van der Waals surface area (Å²) in [6, 6.07) is 8.60. The number of hydrogen-bond donors (Lipinski definition) is 0. The van der Waals surface area contributed by atoms with E-state index >= 15 is 0 Å². The highest BCUT2D eigenvalue weighted by Gasteiger charge is 2.44. The van der Waals surface area contributed by atoms with Crippen molar-refractivity contribution >= 4 is 23.8 Å². The Kier molecular flexibility index (Phi) is 4.55. The van der Waals surface area contributed by atoms with Gasteiger partial charge >= 0.3 is 17.8 Å².